The minimum Gasteiger partial charge on any atom is -0.348 e. The summed E-state index contributed by atoms with van der Waals surface area (Å²) < 4.78 is 14.2. The van der Waals surface area contributed by atoms with E-state index in [-0.39, 0.29) is 17.0 Å². The highest BCUT2D eigenvalue weighted by molar-refractivity contribution is 9.10. The van der Waals surface area contributed by atoms with Crippen molar-refractivity contribution >= 4 is 33.4 Å². The molecule has 1 aliphatic carbocycles. The summed E-state index contributed by atoms with van der Waals surface area (Å²) in [4.78, 5) is 12.0. The lowest BCUT2D eigenvalue weighted by molar-refractivity contribution is 0.0924. The fourth-order valence-electron chi connectivity index (χ4n) is 2.17. The van der Waals surface area contributed by atoms with Gasteiger partial charge in [0.2, 0.25) is 0 Å². The first-order valence-corrected chi connectivity index (χ1v) is 7.21. The summed E-state index contributed by atoms with van der Waals surface area (Å²) in [5, 5.41) is 2.76. The van der Waals surface area contributed by atoms with Gasteiger partial charge in [0.15, 0.2) is 0 Å². The molecule has 0 bridgehead atoms. The SMILES string of the molecule is O=C(NC1CCCCC1Cl)c1ccc(Br)cc1F. The molecular formula is C13H14BrClFNO. The van der Waals surface area contributed by atoms with Crippen LogP contribution in [0.2, 0.25) is 0 Å². The number of alkyl halides is 1. The third-order valence-corrected chi connectivity index (χ3v) is 4.19. The van der Waals surface area contributed by atoms with E-state index in [0.29, 0.717) is 4.47 Å². The Balaban J connectivity index is 2.07. The smallest absolute Gasteiger partial charge is 0.254 e. The number of nitrogens with one attached hydrogen (secondary N) is 1. The number of carbonyl (C=O) groups is 1. The Hall–Kier alpha value is -0.610. The van der Waals surface area contributed by atoms with Crippen molar-refractivity contribution in [2.75, 3.05) is 0 Å². The van der Waals surface area contributed by atoms with Crippen molar-refractivity contribution in [3.8, 4) is 0 Å². The maximum atomic E-state index is 13.6. The van der Waals surface area contributed by atoms with Gasteiger partial charge in [-0.05, 0) is 31.0 Å². The third kappa shape index (κ3) is 3.23. The lowest BCUT2D eigenvalue weighted by Gasteiger charge is -2.27. The molecule has 1 aromatic carbocycles. The summed E-state index contributed by atoms with van der Waals surface area (Å²) in [5.41, 5.74) is 0.0626. The molecule has 5 heteroatoms. The summed E-state index contributed by atoms with van der Waals surface area (Å²) in [6.45, 7) is 0. The molecule has 18 heavy (non-hydrogen) atoms. The van der Waals surface area contributed by atoms with Gasteiger partial charge in [0, 0.05) is 10.5 Å². The zero-order valence-corrected chi connectivity index (χ0v) is 12.1. The molecule has 1 amide bonds. The molecule has 98 valence electrons. The van der Waals surface area contributed by atoms with Crippen molar-refractivity contribution in [1.82, 2.24) is 5.32 Å². The molecule has 0 spiro atoms. The predicted octanol–water partition coefficient (Wildman–Crippen LogP) is 3.87. The molecule has 0 aliphatic heterocycles. The number of hydrogen-bond acceptors (Lipinski definition) is 1. The van der Waals surface area contributed by atoms with E-state index in [4.69, 9.17) is 11.6 Å². The van der Waals surface area contributed by atoms with Gasteiger partial charge in [0.05, 0.1) is 10.9 Å². The van der Waals surface area contributed by atoms with Crippen LogP contribution in [-0.4, -0.2) is 17.3 Å². The van der Waals surface area contributed by atoms with Gasteiger partial charge in [0.25, 0.3) is 5.91 Å². The average Bonchev–Trinajstić information content (AvgIpc) is 2.32. The van der Waals surface area contributed by atoms with E-state index < -0.39 is 11.7 Å². The summed E-state index contributed by atoms with van der Waals surface area (Å²) in [6, 6.07) is 4.35. The first-order chi connectivity index (χ1) is 8.58. The minimum atomic E-state index is -0.524. The van der Waals surface area contributed by atoms with Crippen LogP contribution in [-0.2, 0) is 0 Å². The van der Waals surface area contributed by atoms with Gasteiger partial charge in [-0.2, -0.15) is 0 Å². The number of halogens is 3. The number of rotatable bonds is 2. The number of hydrogen-bond donors (Lipinski definition) is 1. The third-order valence-electron chi connectivity index (χ3n) is 3.17. The molecule has 1 saturated carbocycles. The van der Waals surface area contributed by atoms with Crippen LogP contribution in [0.3, 0.4) is 0 Å². The van der Waals surface area contributed by atoms with E-state index in [0.717, 1.165) is 25.7 Å². The van der Waals surface area contributed by atoms with Crippen LogP contribution < -0.4 is 5.32 Å². The van der Waals surface area contributed by atoms with E-state index in [9.17, 15) is 9.18 Å². The number of amides is 1. The van der Waals surface area contributed by atoms with Gasteiger partial charge in [-0.15, -0.1) is 11.6 Å². The van der Waals surface area contributed by atoms with Gasteiger partial charge in [-0.3, -0.25) is 4.79 Å². The van der Waals surface area contributed by atoms with Gasteiger partial charge < -0.3 is 5.32 Å². The Morgan fingerprint density at radius 2 is 2.11 bits per heavy atom. The van der Waals surface area contributed by atoms with Gasteiger partial charge >= 0.3 is 0 Å². The summed E-state index contributed by atoms with van der Waals surface area (Å²) in [5.74, 6) is -0.915. The first kappa shape index (κ1) is 13.8. The zero-order valence-electron chi connectivity index (χ0n) is 9.76. The molecule has 1 aromatic rings. The van der Waals surface area contributed by atoms with Crippen LogP contribution >= 0.6 is 27.5 Å². The Morgan fingerprint density at radius 1 is 1.39 bits per heavy atom. The molecule has 0 aromatic heterocycles. The summed E-state index contributed by atoms with van der Waals surface area (Å²) in [6.07, 6.45) is 3.90. The van der Waals surface area contributed by atoms with Crippen LogP contribution in [0.5, 0.6) is 0 Å². The molecule has 2 atom stereocenters. The molecular weight excluding hydrogens is 321 g/mol. The highest BCUT2D eigenvalue weighted by Gasteiger charge is 2.25. The van der Waals surface area contributed by atoms with Crippen molar-refractivity contribution in [3.05, 3.63) is 34.1 Å². The van der Waals surface area contributed by atoms with E-state index in [2.05, 4.69) is 21.2 Å². The first-order valence-electron chi connectivity index (χ1n) is 5.98. The molecule has 0 saturated heterocycles. The van der Waals surface area contributed by atoms with Gasteiger partial charge in [-0.25, -0.2) is 4.39 Å². The van der Waals surface area contributed by atoms with E-state index in [1.807, 2.05) is 0 Å². The molecule has 1 N–H and O–H groups in total. The van der Waals surface area contributed by atoms with Gasteiger partial charge in [0.1, 0.15) is 5.82 Å². The van der Waals surface area contributed by atoms with Gasteiger partial charge in [-0.1, -0.05) is 28.8 Å². The Kier molecular flexibility index (Phi) is 4.62. The van der Waals surface area contributed by atoms with E-state index in [1.165, 1.54) is 12.1 Å². The van der Waals surface area contributed by atoms with E-state index >= 15 is 0 Å². The lowest BCUT2D eigenvalue weighted by Crippen LogP contribution is -2.43. The van der Waals surface area contributed by atoms with Crippen molar-refractivity contribution in [3.63, 3.8) is 0 Å². The maximum Gasteiger partial charge on any atom is 0.254 e. The minimum absolute atomic E-state index is 0.0544. The van der Waals surface area contributed by atoms with Crippen LogP contribution in [0, 0.1) is 5.82 Å². The molecule has 2 rings (SSSR count). The highest BCUT2D eigenvalue weighted by atomic mass is 79.9. The van der Waals surface area contributed by atoms with Crippen LogP contribution in [0.1, 0.15) is 36.0 Å². The zero-order chi connectivity index (χ0) is 13.1. The standard InChI is InChI=1S/C13H14BrClFNO/c14-8-5-6-9(11(16)7-8)13(18)17-12-4-2-1-3-10(12)15/h5-7,10,12H,1-4H2,(H,17,18). The fraction of sp³-hybridized carbons (Fsp3) is 0.462. The van der Waals surface area contributed by atoms with Crippen molar-refractivity contribution in [1.29, 1.82) is 0 Å². The Morgan fingerprint density at radius 3 is 2.78 bits per heavy atom. The second-order valence-electron chi connectivity index (χ2n) is 4.50. The molecule has 1 aliphatic rings. The monoisotopic (exact) mass is 333 g/mol. The number of carbonyl (C=O) groups excluding carboxylic acids is 1. The van der Waals surface area contributed by atoms with Crippen LogP contribution in [0.15, 0.2) is 22.7 Å². The highest BCUT2D eigenvalue weighted by Crippen LogP contribution is 2.23. The normalized spacial score (nSPS) is 23.7. The molecule has 0 heterocycles. The topological polar surface area (TPSA) is 29.1 Å². The second kappa shape index (κ2) is 6.02. The largest absolute Gasteiger partial charge is 0.348 e. The molecule has 0 radical (unpaired) electrons. The quantitative estimate of drug-likeness (QED) is 0.817. The summed E-state index contributed by atoms with van der Waals surface area (Å²) >= 11 is 9.32. The Labute approximate surface area is 119 Å². The van der Waals surface area contributed by atoms with Crippen molar-refractivity contribution < 1.29 is 9.18 Å². The molecule has 1 fully saturated rings. The molecule has 2 nitrogen and oxygen atoms in total. The molecule has 2 unspecified atom stereocenters. The number of benzene rings is 1. The van der Waals surface area contributed by atoms with Crippen LogP contribution in [0.4, 0.5) is 4.39 Å². The maximum absolute atomic E-state index is 13.6. The summed E-state index contributed by atoms with van der Waals surface area (Å²) in [7, 11) is 0. The van der Waals surface area contributed by atoms with Crippen molar-refractivity contribution in [2.24, 2.45) is 0 Å². The second-order valence-corrected chi connectivity index (χ2v) is 5.98. The Bertz CT molecular complexity index is 455. The lowest BCUT2D eigenvalue weighted by atomic mass is 9.94. The van der Waals surface area contributed by atoms with Crippen LogP contribution in [0.25, 0.3) is 0 Å². The van der Waals surface area contributed by atoms with E-state index in [1.54, 1.807) is 6.07 Å². The fourth-order valence-corrected chi connectivity index (χ4v) is 2.84. The van der Waals surface area contributed by atoms with Crippen molar-refractivity contribution in [2.45, 2.75) is 37.1 Å². The average molecular weight is 335 g/mol. The predicted molar refractivity (Wildman–Crippen MR) is 73.5 cm³/mol.